The second-order valence-electron chi connectivity index (χ2n) is 7.64. The van der Waals surface area contributed by atoms with Gasteiger partial charge in [0.1, 0.15) is 11.5 Å². The third kappa shape index (κ3) is 3.80. The van der Waals surface area contributed by atoms with Gasteiger partial charge < -0.3 is 9.84 Å². The minimum atomic E-state index is -0.890. The molecule has 31 heavy (non-hydrogen) atoms. The zero-order valence-corrected chi connectivity index (χ0v) is 16.9. The van der Waals surface area contributed by atoms with Crippen molar-refractivity contribution in [2.24, 2.45) is 0 Å². The molecule has 0 bridgehead atoms. The molecule has 0 atom stereocenters. The highest BCUT2D eigenvalue weighted by atomic mass is 16.5. The lowest BCUT2D eigenvalue weighted by Gasteiger charge is -2.21. The molecule has 0 spiro atoms. The number of nitrogens with zero attached hydrogens (tertiary/aromatic N) is 1. The van der Waals surface area contributed by atoms with Crippen LogP contribution >= 0.6 is 0 Å². The fourth-order valence-corrected chi connectivity index (χ4v) is 4.18. The molecule has 1 aromatic heterocycles. The summed E-state index contributed by atoms with van der Waals surface area (Å²) in [5, 5.41) is 10.6. The van der Waals surface area contributed by atoms with Crippen LogP contribution in [0.1, 0.15) is 40.0 Å². The van der Waals surface area contributed by atoms with E-state index in [0.29, 0.717) is 10.9 Å². The van der Waals surface area contributed by atoms with E-state index in [9.17, 15) is 9.90 Å². The predicted molar refractivity (Wildman–Crippen MR) is 122 cm³/mol. The zero-order valence-electron chi connectivity index (χ0n) is 16.9. The van der Waals surface area contributed by atoms with Gasteiger partial charge in [-0.1, -0.05) is 48.5 Å². The molecule has 152 valence electrons. The summed E-state index contributed by atoms with van der Waals surface area (Å²) in [4.78, 5) is 16.9. The smallest absolute Gasteiger partial charge is 0.336 e. The number of carboxylic acids is 1. The topological polar surface area (TPSA) is 59.4 Å². The van der Waals surface area contributed by atoms with E-state index in [0.717, 1.165) is 58.7 Å². The number of aromatic carboxylic acids is 1. The Hall–Kier alpha value is -3.92. The van der Waals surface area contributed by atoms with Crippen LogP contribution in [-0.4, -0.2) is 16.1 Å². The molecular weight excluding hydrogens is 386 g/mol. The van der Waals surface area contributed by atoms with Crippen molar-refractivity contribution < 1.29 is 14.6 Å². The number of para-hydroxylation sites is 2. The largest absolute Gasteiger partial charge is 0.478 e. The molecule has 1 N–H and O–H groups in total. The van der Waals surface area contributed by atoms with Crippen molar-refractivity contribution in [3.63, 3.8) is 0 Å². The summed E-state index contributed by atoms with van der Waals surface area (Å²) in [6.07, 6.45) is 4.63. The standard InChI is InChI=1S/C27H21NO3/c29-27(30)25-22-10-4-5-12-24(22)28-26-19(7-6-11-23(25)26)17-18-13-15-21(16-14-18)31-20-8-2-1-3-9-20/h1-5,8-10,12-17H,6-7,11H2,(H,29,30). The van der Waals surface area contributed by atoms with E-state index >= 15 is 0 Å². The van der Waals surface area contributed by atoms with E-state index in [2.05, 4.69) is 6.08 Å². The highest BCUT2D eigenvalue weighted by Gasteiger charge is 2.24. The monoisotopic (exact) mass is 407 g/mol. The van der Waals surface area contributed by atoms with Crippen LogP contribution in [0.4, 0.5) is 0 Å². The molecule has 0 saturated heterocycles. The van der Waals surface area contributed by atoms with Gasteiger partial charge in [0.25, 0.3) is 0 Å². The van der Waals surface area contributed by atoms with Gasteiger partial charge >= 0.3 is 5.97 Å². The Morgan fingerprint density at radius 3 is 2.35 bits per heavy atom. The van der Waals surface area contributed by atoms with Crippen molar-refractivity contribution in [3.05, 3.63) is 101 Å². The molecule has 0 fully saturated rings. The van der Waals surface area contributed by atoms with Crippen molar-refractivity contribution in [1.29, 1.82) is 0 Å². The SMILES string of the molecule is O=C(O)c1c2c(nc3ccccc13)C(=Cc1ccc(Oc3ccccc3)cc1)CCC2. The van der Waals surface area contributed by atoms with Gasteiger partial charge in [-0.15, -0.1) is 0 Å². The van der Waals surface area contributed by atoms with Crippen LogP contribution in [0.2, 0.25) is 0 Å². The summed E-state index contributed by atoms with van der Waals surface area (Å²) in [6, 6.07) is 25.1. The summed E-state index contributed by atoms with van der Waals surface area (Å²) in [7, 11) is 0. The fraction of sp³-hybridized carbons (Fsp3) is 0.111. The molecule has 4 aromatic rings. The van der Waals surface area contributed by atoms with Gasteiger partial charge in [-0.05, 0) is 72.4 Å². The van der Waals surface area contributed by atoms with Gasteiger partial charge in [-0.3, -0.25) is 0 Å². The van der Waals surface area contributed by atoms with Gasteiger partial charge in [0.05, 0.1) is 16.8 Å². The number of hydrogen-bond acceptors (Lipinski definition) is 3. The predicted octanol–water partition coefficient (Wildman–Crippen LogP) is 6.60. The Morgan fingerprint density at radius 2 is 1.58 bits per heavy atom. The van der Waals surface area contributed by atoms with Crippen LogP contribution in [0.15, 0.2) is 78.9 Å². The van der Waals surface area contributed by atoms with E-state index in [-0.39, 0.29) is 0 Å². The number of carbonyl (C=O) groups is 1. The van der Waals surface area contributed by atoms with E-state index in [4.69, 9.17) is 9.72 Å². The average molecular weight is 407 g/mol. The summed E-state index contributed by atoms with van der Waals surface area (Å²) < 4.78 is 5.87. The Kier molecular flexibility index (Phi) is 4.97. The summed E-state index contributed by atoms with van der Waals surface area (Å²) >= 11 is 0. The first-order valence-corrected chi connectivity index (χ1v) is 10.4. The Balaban J connectivity index is 1.52. The maximum Gasteiger partial charge on any atom is 0.336 e. The highest BCUT2D eigenvalue weighted by Crippen LogP contribution is 2.36. The van der Waals surface area contributed by atoms with Gasteiger partial charge in [-0.25, -0.2) is 9.78 Å². The molecule has 0 saturated carbocycles. The van der Waals surface area contributed by atoms with Crippen LogP contribution < -0.4 is 4.74 Å². The van der Waals surface area contributed by atoms with Gasteiger partial charge in [0.15, 0.2) is 0 Å². The molecule has 4 nitrogen and oxygen atoms in total. The number of hydrogen-bond donors (Lipinski definition) is 1. The van der Waals surface area contributed by atoms with Crippen LogP contribution in [-0.2, 0) is 6.42 Å². The second kappa shape index (κ2) is 8.07. The van der Waals surface area contributed by atoms with Gasteiger partial charge in [0.2, 0.25) is 0 Å². The van der Waals surface area contributed by atoms with Crippen LogP contribution in [0.25, 0.3) is 22.6 Å². The number of ether oxygens (including phenoxy) is 1. The van der Waals surface area contributed by atoms with Gasteiger partial charge in [-0.2, -0.15) is 0 Å². The third-order valence-corrected chi connectivity index (χ3v) is 5.58. The molecule has 0 radical (unpaired) electrons. The van der Waals surface area contributed by atoms with Crippen molar-refractivity contribution in [2.75, 3.05) is 0 Å². The fourth-order valence-electron chi connectivity index (χ4n) is 4.18. The summed E-state index contributed by atoms with van der Waals surface area (Å²) in [5.74, 6) is 0.681. The molecule has 4 heteroatoms. The molecule has 0 amide bonds. The maximum absolute atomic E-state index is 12.1. The van der Waals surface area contributed by atoms with Crippen molar-refractivity contribution in [3.8, 4) is 11.5 Å². The molecule has 1 aliphatic carbocycles. The summed E-state index contributed by atoms with van der Waals surface area (Å²) in [5.41, 5.74) is 4.87. The summed E-state index contributed by atoms with van der Waals surface area (Å²) in [6.45, 7) is 0. The van der Waals surface area contributed by atoms with E-state index in [1.54, 1.807) is 0 Å². The number of fused-ring (bicyclic) bond motifs is 2. The molecule has 0 aliphatic heterocycles. The van der Waals surface area contributed by atoms with E-state index in [1.165, 1.54) is 0 Å². The molecule has 0 unspecified atom stereocenters. The Bertz CT molecular complexity index is 1290. The minimum Gasteiger partial charge on any atom is -0.478 e. The maximum atomic E-state index is 12.1. The first-order chi connectivity index (χ1) is 15.2. The van der Waals surface area contributed by atoms with Crippen LogP contribution in [0.5, 0.6) is 11.5 Å². The van der Waals surface area contributed by atoms with Crippen molar-refractivity contribution in [2.45, 2.75) is 19.3 Å². The normalized spacial score (nSPS) is 14.4. The second-order valence-corrected chi connectivity index (χ2v) is 7.64. The minimum absolute atomic E-state index is 0.387. The lowest BCUT2D eigenvalue weighted by Crippen LogP contribution is -2.13. The lowest BCUT2D eigenvalue weighted by molar-refractivity contribution is 0.0697. The first kappa shape index (κ1) is 19.1. The van der Waals surface area contributed by atoms with Crippen LogP contribution in [0, 0.1) is 0 Å². The molecule has 3 aromatic carbocycles. The average Bonchev–Trinajstić information content (AvgIpc) is 2.79. The lowest BCUT2D eigenvalue weighted by atomic mass is 9.86. The van der Waals surface area contributed by atoms with Gasteiger partial charge in [0, 0.05) is 5.39 Å². The van der Waals surface area contributed by atoms with Crippen molar-refractivity contribution >= 4 is 28.5 Å². The number of aromatic nitrogens is 1. The number of pyridine rings is 1. The number of rotatable bonds is 4. The van der Waals surface area contributed by atoms with Crippen molar-refractivity contribution in [1.82, 2.24) is 4.98 Å². The number of benzene rings is 3. The Labute approximate surface area is 180 Å². The molecule has 1 heterocycles. The molecular formula is C27H21NO3. The molecule has 5 rings (SSSR count). The van der Waals surface area contributed by atoms with E-state index < -0.39 is 5.97 Å². The highest BCUT2D eigenvalue weighted by molar-refractivity contribution is 6.05. The van der Waals surface area contributed by atoms with E-state index in [1.807, 2.05) is 78.9 Å². The zero-order chi connectivity index (χ0) is 21.2. The molecule has 1 aliphatic rings. The quantitative estimate of drug-likeness (QED) is 0.414. The number of carboxylic acid groups (broad SMARTS) is 1. The van der Waals surface area contributed by atoms with Crippen LogP contribution in [0.3, 0.4) is 0 Å². The number of allylic oxidation sites excluding steroid dienone is 1. The third-order valence-electron chi connectivity index (χ3n) is 5.58. The first-order valence-electron chi connectivity index (χ1n) is 10.4. The Morgan fingerprint density at radius 1 is 0.871 bits per heavy atom.